The fourth-order valence-electron chi connectivity index (χ4n) is 2.09. The first-order valence-corrected chi connectivity index (χ1v) is 8.96. The Balaban J connectivity index is 1.63. The highest BCUT2D eigenvalue weighted by Gasteiger charge is 2.20. The minimum atomic E-state index is -3.67. The summed E-state index contributed by atoms with van der Waals surface area (Å²) >= 11 is 0. The normalized spacial score (nSPS) is 11.8. The number of nitrogens with zero attached hydrogens (tertiary/aromatic N) is 4. The van der Waals surface area contributed by atoms with Crippen LogP contribution in [0.5, 0.6) is 0 Å². The van der Waals surface area contributed by atoms with Gasteiger partial charge in [0.1, 0.15) is 0 Å². The van der Waals surface area contributed by atoms with Crippen LogP contribution in [0.1, 0.15) is 11.5 Å². The van der Waals surface area contributed by atoms with Crippen LogP contribution in [0, 0.1) is 0 Å². The molecule has 9 heteroatoms. The summed E-state index contributed by atoms with van der Waals surface area (Å²) in [4.78, 5) is 8.13. The Kier molecular flexibility index (Phi) is 5.17. The molecule has 3 rings (SSSR count). The van der Waals surface area contributed by atoms with E-state index in [4.69, 9.17) is 4.52 Å². The highest BCUT2D eigenvalue weighted by molar-refractivity contribution is 7.87. The fourth-order valence-corrected chi connectivity index (χ4v) is 2.94. The first-order chi connectivity index (χ1) is 12.0. The number of pyridine rings is 1. The SMILES string of the molecule is CN(Cc1nc(-c2ccncc2)no1)S(=O)(=O)NCc1ccccc1. The van der Waals surface area contributed by atoms with E-state index in [0.29, 0.717) is 5.82 Å². The van der Waals surface area contributed by atoms with E-state index < -0.39 is 10.2 Å². The molecule has 1 aromatic carbocycles. The average molecular weight is 359 g/mol. The van der Waals surface area contributed by atoms with Crippen LogP contribution in [0.3, 0.4) is 0 Å². The topological polar surface area (TPSA) is 101 Å². The van der Waals surface area contributed by atoms with Crippen LogP contribution in [-0.4, -0.2) is 34.9 Å². The third kappa shape index (κ3) is 4.47. The van der Waals surface area contributed by atoms with Crippen molar-refractivity contribution in [2.24, 2.45) is 0 Å². The number of rotatable bonds is 7. The van der Waals surface area contributed by atoms with Crippen molar-refractivity contribution in [3.63, 3.8) is 0 Å². The Morgan fingerprint density at radius 3 is 2.56 bits per heavy atom. The molecule has 0 fully saturated rings. The summed E-state index contributed by atoms with van der Waals surface area (Å²) in [5, 5.41) is 3.86. The highest BCUT2D eigenvalue weighted by atomic mass is 32.2. The second kappa shape index (κ2) is 7.51. The Bertz CT molecular complexity index is 913. The second-order valence-corrected chi connectivity index (χ2v) is 7.18. The molecule has 0 atom stereocenters. The van der Waals surface area contributed by atoms with Crippen molar-refractivity contribution in [3.8, 4) is 11.4 Å². The lowest BCUT2D eigenvalue weighted by atomic mass is 10.2. The molecule has 0 aliphatic carbocycles. The van der Waals surface area contributed by atoms with Crippen LogP contribution in [-0.2, 0) is 23.3 Å². The molecule has 0 aliphatic heterocycles. The molecule has 0 saturated heterocycles. The molecule has 0 saturated carbocycles. The minimum Gasteiger partial charge on any atom is -0.338 e. The summed E-state index contributed by atoms with van der Waals surface area (Å²) in [6, 6.07) is 12.8. The van der Waals surface area contributed by atoms with Crippen molar-refractivity contribution in [2.75, 3.05) is 7.05 Å². The second-order valence-electron chi connectivity index (χ2n) is 5.32. The van der Waals surface area contributed by atoms with E-state index in [9.17, 15) is 8.42 Å². The van der Waals surface area contributed by atoms with Crippen LogP contribution in [0.25, 0.3) is 11.4 Å². The van der Waals surface area contributed by atoms with E-state index in [0.717, 1.165) is 15.4 Å². The van der Waals surface area contributed by atoms with Gasteiger partial charge in [0.2, 0.25) is 11.7 Å². The van der Waals surface area contributed by atoms with Crippen LogP contribution in [0.15, 0.2) is 59.4 Å². The van der Waals surface area contributed by atoms with E-state index in [1.54, 1.807) is 24.5 Å². The van der Waals surface area contributed by atoms with Gasteiger partial charge in [-0.3, -0.25) is 4.98 Å². The molecule has 130 valence electrons. The summed E-state index contributed by atoms with van der Waals surface area (Å²) < 4.78 is 33.4. The third-order valence-electron chi connectivity index (χ3n) is 3.48. The maximum absolute atomic E-state index is 12.3. The van der Waals surface area contributed by atoms with Gasteiger partial charge in [-0.2, -0.15) is 22.4 Å². The molecule has 2 aromatic heterocycles. The van der Waals surface area contributed by atoms with Gasteiger partial charge in [0.25, 0.3) is 10.2 Å². The quantitative estimate of drug-likeness (QED) is 0.687. The van der Waals surface area contributed by atoms with Crippen molar-refractivity contribution >= 4 is 10.2 Å². The van der Waals surface area contributed by atoms with Gasteiger partial charge in [0.05, 0.1) is 6.54 Å². The van der Waals surface area contributed by atoms with E-state index >= 15 is 0 Å². The number of hydrogen-bond donors (Lipinski definition) is 1. The third-order valence-corrected chi connectivity index (χ3v) is 4.94. The van der Waals surface area contributed by atoms with Gasteiger partial charge in [-0.25, -0.2) is 0 Å². The Morgan fingerprint density at radius 2 is 1.84 bits per heavy atom. The van der Waals surface area contributed by atoms with Gasteiger partial charge in [0.15, 0.2) is 0 Å². The molecular weight excluding hydrogens is 342 g/mol. The van der Waals surface area contributed by atoms with Crippen LogP contribution >= 0.6 is 0 Å². The molecule has 0 amide bonds. The summed E-state index contributed by atoms with van der Waals surface area (Å²) in [6.07, 6.45) is 3.24. The van der Waals surface area contributed by atoms with Gasteiger partial charge in [-0.1, -0.05) is 35.5 Å². The lowest BCUT2D eigenvalue weighted by molar-refractivity contribution is 0.335. The molecule has 0 bridgehead atoms. The number of nitrogens with one attached hydrogen (secondary N) is 1. The van der Waals surface area contributed by atoms with Crippen molar-refractivity contribution in [3.05, 3.63) is 66.3 Å². The Morgan fingerprint density at radius 1 is 1.12 bits per heavy atom. The zero-order valence-electron chi connectivity index (χ0n) is 13.5. The minimum absolute atomic E-state index is 0.0256. The standard InChI is InChI=1S/C16H17N5O3S/c1-21(25(22,23)18-11-13-5-3-2-4-6-13)12-15-19-16(20-24-15)14-7-9-17-10-8-14/h2-10,18H,11-12H2,1H3. The first kappa shape index (κ1) is 17.2. The van der Waals surface area contributed by atoms with Gasteiger partial charge in [-0.05, 0) is 17.7 Å². The van der Waals surface area contributed by atoms with Crippen molar-refractivity contribution in [1.82, 2.24) is 24.2 Å². The van der Waals surface area contributed by atoms with Crippen LogP contribution in [0.4, 0.5) is 0 Å². The van der Waals surface area contributed by atoms with Crippen LogP contribution < -0.4 is 4.72 Å². The number of aromatic nitrogens is 3. The summed E-state index contributed by atoms with van der Waals surface area (Å²) in [5.74, 6) is 0.597. The van der Waals surface area contributed by atoms with Crippen molar-refractivity contribution in [2.45, 2.75) is 13.1 Å². The summed E-state index contributed by atoms with van der Waals surface area (Å²) in [6.45, 7) is 0.182. The largest absolute Gasteiger partial charge is 0.338 e. The lowest BCUT2D eigenvalue weighted by Crippen LogP contribution is -2.37. The molecule has 0 radical (unpaired) electrons. The molecule has 25 heavy (non-hydrogen) atoms. The summed E-state index contributed by atoms with van der Waals surface area (Å²) in [5.41, 5.74) is 1.62. The van der Waals surface area contributed by atoms with E-state index in [2.05, 4.69) is 19.8 Å². The maximum Gasteiger partial charge on any atom is 0.279 e. The van der Waals surface area contributed by atoms with E-state index in [-0.39, 0.29) is 19.0 Å². The van der Waals surface area contributed by atoms with Crippen molar-refractivity contribution < 1.29 is 12.9 Å². The smallest absolute Gasteiger partial charge is 0.279 e. The zero-order chi connectivity index (χ0) is 17.7. The molecule has 3 aromatic rings. The summed E-state index contributed by atoms with van der Waals surface area (Å²) in [7, 11) is -2.22. The maximum atomic E-state index is 12.3. The van der Waals surface area contributed by atoms with E-state index in [1.165, 1.54) is 7.05 Å². The van der Waals surface area contributed by atoms with Gasteiger partial charge in [-0.15, -0.1) is 0 Å². The predicted octanol–water partition coefficient (Wildman–Crippen LogP) is 1.60. The van der Waals surface area contributed by atoms with E-state index in [1.807, 2.05) is 30.3 Å². The highest BCUT2D eigenvalue weighted by Crippen LogP contribution is 2.15. The molecule has 0 unspecified atom stereocenters. The lowest BCUT2D eigenvalue weighted by Gasteiger charge is -2.15. The molecule has 8 nitrogen and oxygen atoms in total. The first-order valence-electron chi connectivity index (χ1n) is 7.52. The fraction of sp³-hybridized carbons (Fsp3) is 0.188. The molecule has 0 aliphatic rings. The van der Waals surface area contributed by atoms with Gasteiger partial charge in [0, 0.05) is 31.5 Å². The molecule has 1 N–H and O–H groups in total. The zero-order valence-corrected chi connectivity index (χ0v) is 14.3. The number of benzene rings is 1. The molecule has 0 spiro atoms. The average Bonchev–Trinajstić information content (AvgIpc) is 3.10. The Hall–Kier alpha value is -2.62. The molecular formula is C16H17N5O3S. The van der Waals surface area contributed by atoms with Crippen LogP contribution in [0.2, 0.25) is 0 Å². The number of hydrogen-bond acceptors (Lipinski definition) is 6. The predicted molar refractivity (Wildman–Crippen MR) is 91.2 cm³/mol. The Labute approximate surface area is 145 Å². The van der Waals surface area contributed by atoms with Crippen molar-refractivity contribution in [1.29, 1.82) is 0 Å². The van der Waals surface area contributed by atoms with Gasteiger partial charge < -0.3 is 4.52 Å². The monoisotopic (exact) mass is 359 g/mol. The van der Waals surface area contributed by atoms with Gasteiger partial charge >= 0.3 is 0 Å². The molecule has 2 heterocycles.